The molecule has 0 saturated carbocycles. The van der Waals surface area contributed by atoms with Gasteiger partial charge in [0.15, 0.2) is 0 Å². The van der Waals surface area contributed by atoms with Gasteiger partial charge in [-0.2, -0.15) is 0 Å². The zero-order valence-corrected chi connectivity index (χ0v) is 22.2. The molecule has 6 heteroatoms. The number of rotatable bonds is 8. The summed E-state index contributed by atoms with van der Waals surface area (Å²) in [5.41, 5.74) is 4.87. The minimum absolute atomic E-state index is 0.0486. The number of carbonyl (C=O) groups excluding carboxylic acids is 2. The molecular formula is C31H38N2O4. The van der Waals surface area contributed by atoms with E-state index in [1.165, 1.54) is 18.1 Å². The van der Waals surface area contributed by atoms with Crippen molar-refractivity contribution in [3.8, 4) is 5.75 Å². The van der Waals surface area contributed by atoms with Crippen LogP contribution in [-0.2, 0) is 20.7 Å². The Balaban J connectivity index is 1.40. The van der Waals surface area contributed by atoms with Gasteiger partial charge < -0.3 is 14.8 Å². The fourth-order valence-corrected chi connectivity index (χ4v) is 6.45. The highest BCUT2D eigenvalue weighted by atomic mass is 16.5. The number of hydrogen-bond donors (Lipinski definition) is 1. The summed E-state index contributed by atoms with van der Waals surface area (Å²) in [5, 5.41) is 3.07. The molecule has 0 bridgehead atoms. The summed E-state index contributed by atoms with van der Waals surface area (Å²) in [6, 6.07) is 17.4. The van der Waals surface area contributed by atoms with Crippen LogP contribution in [0.4, 0.5) is 0 Å². The molecule has 2 aliphatic heterocycles. The number of hydrogen-bond acceptors (Lipinski definition) is 5. The molecule has 1 aliphatic carbocycles. The number of ether oxygens (including phenoxy) is 2. The van der Waals surface area contributed by atoms with Crippen LogP contribution >= 0.6 is 0 Å². The number of amides is 1. The number of fused-ring (bicyclic) bond motifs is 6. The second kappa shape index (κ2) is 11.1. The number of benzene rings is 2. The summed E-state index contributed by atoms with van der Waals surface area (Å²) in [7, 11) is 0. The Hall–Kier alpha value is -3.12. The fourth-order valence-electron chi connectivity index (χ4n) is 6.45. The predicted octanol–water partition coefficient (Wildman–Crippen LogP) is 5.57. The van der Waals surface area contributed by atoms with Gasteiger partial charge >= 0.3 is 5.97 Å². The largest absolute Gasteiger partial charge is 0.491 e. The molecule has 0 radical (unpaired) electrons. The molecule has 4 unspecified atom stereocenters. The summed E-state index contributed by atoms with van der Waals surface area (Å²) in [4.78, 5) is 26.5. The SMILES string of the molecule is CC(=O)NC1CC(OC(C)=O)=C2c3cc(OC(C)CCCc4ccccc4)ccc3C3CCCN3C2C1. The van der Waals surface area contributed by atoms with Gasteiger partial charge in [-0.3, -0.25) is 14.5 Å². The van der Waals surface area contributed by atoms with Crippen LogP contribution in [0.1, 0.15) is 82.0 Å². The fraction of sp³-hybridized carbons (Fsp3) is 0.484. The van der Waals surface area contributed by atoms with E-state index in [1.807, 2.05) is 0 Å². The summed E-state index contributed by atoms with van der Waals surface area (Å²) < 4.78 is 12.2. The Morgan fingerprint density at radius 1 is 1.11 bits per heavy atom. The van der Waals surface area contributed by atoms with E-state index in [9.17, 15) is 9.59 Å². The van der Waals surface area contributed by atoms with Crippen LogP contribution in [0.3, 0.4) is 0 Å². The minimum Gasteiger partial charge on any atom is -0.491 e. The lowest BCUT2D eigenvalue weighted by Crippen LogP contribution is -2.48. The van der Waals surface area contributed by atoms with Crippen LogP contribution in [0.15, 0.2) is 54.3 Å². The van der Waals surface area contributed by atoms with Crippen molar-refractivity contribution in [3.63, 3.8) is 0 Å². The van der Waals surface area contributed by atoms with Gasteiger partial charge in [-0.05, 0) is 80.8 Å². The number of aryl methyl sites for hydroxylation is 1. The van der Waals surface area contributed by atoms with Crippen LogP contribution in [0.25, 0.3) is 5.57 Å². The van der Waals surface area contributed by atoms with Crippen molar-refractivity contribution >= 4 is 17.4 Å². The van der Waals surface area contributed by atoms with Gasteiger partial charge in [-0.15, -0.1) is 0 Å². The van der Waals surface area contributed by atoms with Gasteiger partial charge in [0.2, 0.25) is 5.91 Å². The maximum atomic E-state index is 12.1. The molecule has 1 amide bonds. The van der Waals surface area contributed by atoms with Crippen LogP contribution < -0.4 is 10.1 Å². The molecule has 3 aliphatic rings. The second-order valence-corrected chi connectivity index (χ2v) is 10.7. The molecule has 1 saturated heterocycles. The monoisotopic (exact) mass is 502 g/mol. The maximum absolute atomic E-state index is 12.1. The molecule has 37 heavy (non-hydrogen) atoms. The Morgan fingerprint density at radius 2 is 1.92 bits per heavy atom. The zero-order chi connectivity index (χ0) is 25.9. The Labute approximate surface area is 220 Å². The first kappa shape index (κ1) is 25.5. The van der Waals surface area contributed by atoms with Crippen molar-refractivity contribution < 1.29 is 19.1 Å². The van der Waals surface area contributed by atoms with Crippen LogP contribution in [-0.4, -0.2) is 41.5 Å². The normalized spacial score (nSPS) is 23.5. The first-order valence-corrected chi connectivity index (χ1v) is 13.7. The Morgan fingerprint density at radius 3 is 2.68 bits per heavy atom. The van der Waals surface area contributed by atoms with Gasteiger partial charge in [0.05, 0.1) is 6.10 Å². The van der Waals surface area contributed by atoms with E-state index >= 15 is 0 Å². The van der Waals surface area contributed by atoms with Crippen LogP contribution in [0.2, 0.25) is 0 Å². The van der Waals surface area contributed by atoms with Crippen LogP contribution in [0.5, 0.6) is 5.75 Å². The van der Waals surface area contributed by atoms with Crippen molar-refractivity contribution in [1.82, 2.24) is 10.2 Å². The molecule has 1 N–H and O–H groups in total. The average Bonchev–Trinajstić information content (AvgIpc) is 3.34. The lowest BCUT2D eigenvalue weighted by Gasteiger charge is -2.45. The highest BCUT2D eigenvalue weighted by Gasteiger charge is 2.45. The minimum atomic E-state index is -0.325. The molecule has 6 nitrogen and oxygen atoms in total. The molecule has 2 heterocycles. The van der Waals surface area contributed by atoms with Gasteiger partial charge in [-0.25, -0.2) is 0 Å². The highest BCUT2D eigenvalue weighted by Crippen LogP contribution is 2.50. The highest BCUT2D eigenvalue weighted by molar-refractivity contribution is 5.81. The van der Waals surface area contributed by atoms with Crippen molar-refractivity contribution in [2.75, 3.05) is 6.54 Å². The first-order valence-electron chi connectivity index (χ1n) is 13.7. The third kappa shape index (κ3) is 5.74. The van der Waals surface area contributed by atoms with E-state index in [2.05, 4.69) is 65.7 Å². The quantitative estimate of drug-likeness (QED) is 0.478. The third-order valence-corrected chi connectivity index (χ3v) is 7.87. The van der Waals surface area contributed by atoms with Gasteiger partial charge in [0.1, 0.15) is 11.5 Å². The van der Waals surface area contributed by atoms with Crippen molar-refractivity contribution in [2.45, 2.75) is 89.9 Å². The van der Waals surface area contributed by atoms with Gasteiger partial charge in [0.25, 0.3) is 0 Å². The molecule has 2 aromatic carbocycles. The Kier molecular flexibility index (Phi) is 7.65. The van der Waals surface area contributed by atoms with E-state index in [0.29, 0.717) is 18.2 Å². The topological polar surface area (TPSA) is 67.9 Å². The average molecular weight is 503 g/mol. The molecule has 2 aromatic rings. The van der Waals surface area contributed by atoms with Crippen molar-refractivity contribution in [3.05, 3.63) is 71.0 Å². The van der Waals surface area contributed by atoms with Crippen molar-refractivity contribution in [2.24, 2.45) is 0 Å². The summed E-state index contributed by atoms with van der Waals surface area (Å²) in [6.45, 7) is 6.14. The molecule has 0 spiro atoms. The second-order valence-electron chi connectivity index (χ2n) is 10.7. The summed E-state index contributed by atoms with van der Waals surface area (Å²) in [6.07, 6.45) is 6.78. The number of carbonyl (C=O) groups is 2. The lowest BCUT2D eigenvalue weighted by atomic mass is 9.77. The maximum Gasteiger partial charge on any atom is 0.307 e. The number of nitrogens with zero attached hydrogens (tertiary/aromatic N) is 1. The lowest BCUT2D eigenvalue weighted by molar-refractivity contribution is -0.137. The van der Waals surface area contributed by atoms with Gasteiger partial charge in [-0.1, -0.05) is 36.4 Å². The molecular weight excluding hydrogens is 464 g/mol. The number of nitrogens with one attached hydrogen (secondary N) is 1. The Bertz CT molecular complexity index is 1170. The molecule has 0 aromatic heterocycles. The smallest absolute Gasteiger partial charge is 0.307 e. The standard InChI is InChI=1S/C31H38N2O4/c1-20(9-7-12-23-10-5-4-6-11-23)36-25-14-15-26-27(19-25)31-29(33-16-8-13-28(26)33)17-24(32-21(2)34)18-30(31)37-22(3)35/h4-6,10-11,14-15,19-20,24,28-29H,7-9,12-13,16-18H2,1-3H3,(H,32,34). The van der Waals surface area contributed by atoms with E-state index in [-0.39, 0.29) is 30.1 Å². The van der Waals surface area contributed by atoms with Gasteiger partial charge in [0, 0.05) is 44.0 Å². The molecule has 4 atom stereocenters. The summed E-state index contributed by atoms with van der Waals surface area (Å²) in [5.74, 6) is 1.16. The van der Waals surface area contributed by atoms with E-state index in [1.54, 1.807) is 6.92 Å². The van der Waals surface area contributed by atoms with E-state index in [0.717, 1.165) is 62.0 Å². The zero-order valence-electron chi connectivity index (χ0n) is 22.2. The molecule has 1 fully saturated rings. The molecule has 5 rings (SSSR count). The third-order valence-electron chi connectivity index (χ3n) is 7.87. The van der Waals surface area contributed by atoms with Crippen molar-refractivity contribution in [1.29, 1.82) is 0 Å². The number of esters is 1. The first-order chi connectivity index (χ1) is 17.9. The predicted molar refractivity (Wildman–Crippen MR) is 144 cm³/mol. The molecule has 196 valence electrons. The van der Waals surface area contributed by atoms with Crippen LogP contribution in [0, 0.1) is 0 Å². The van der Waals surface area contributed by atoms with E-state index in [4.69, 9.17) is 9.47 Å². The summed E-state index contributed by atoms with van der Waals surface area (Å²) >= 11 is 0. The van der Waals surface area contributed by atoms with E-state index < -0.39 is 0 Å².